The van der Waals surface area contributed by atoms with Gasteiger partial charge in [0.05, 0.1) is 6.61 Å². The van der Waals surface area contributed by atoms with Crippen LogP contribution in [0.4, 0.5) is 5.82 Å². The van der Waals surface area contributed by atoms with Gasteiger partial charge in [-0.05, 0) is 6.92 Å². The highest BCUT2D eigenvalue weighted by molar-refractivity contribution is 5.92. The zero-order valence-corrected chi connectivity index (χ0v) is 8.99. The molecule has 0 fully saturated rings. The number of anilines is 1. The fourth-order valence-corrected chi connectivity index (χ4v) is 1.15. The van der Waals surface area contributed by atoms with Gasteiger partial charge < -0.3 is 15.8 Å². The molecule has 6 heteroatoms. The second-order valence-electron chi connectivity index (χ2n) is 3.02. The molecule has 1 aromatic heterocycles. The third-order valence-corrected chi connectivity index (χ3v) is 1.94. The summed E-state index contributed by atoms with van der Waals surface area (Å²) in [5, 5.41) is 6.71. The molecule has 0 spiro atoms. The lowest BCUT2D eigenvalue weighted by molar-refractivity contribution is 0.0931. The molecule has 15 heavy (non-hydrogen) atoms. The van der Waals surface area contributed by atoms with Crippen LogP contribution in [-0.2, 0) is 11.3 Å². The van der Waals surface area contributed by atoms with E-state index in [2.05, 4.69) is 10.4 Å². The lowest BCUT2D eigenvalue weighted by Crippen LogP contribution is -2.27. The second kappa shape index (κ2) is 5.35. The van der Waals surface area contributed by atoms with Gasteiger partial charge in [-0.15, -0.1) is 0 Å². The van der Waals surface area contributed by atoms with Crippen LogP contribution in [0.3, 0.4) is 0 Å². The van der Waals surface area contributed by atoms with Gasteiger partial charge in [-0.3, -0.25) is 4.79 Å². The average Bonchev–Trinajstić information content (AvgIpc) is 2.60. The van der Waals surface area contributed by atoms with Crippen molar-refractivity contribution in [3.05, 3.63) is 11.8 Å². The fraction of sp³-hybridized carbons (Fsp3) is 0.556. The number of hydrogen-bond acceptors (Lipinski definition) is 4. The van der Waals surface area contributed by atoms with E-state index in [9.17, 15) is 4.79 Å². The van der Waals surface area contributed by atoms with Gasteiger partial charge in [-0.1, -0.05) is 0 Å². The van der Waals surface area contributed by atoms with E-state index >= 15 is 0 Å². The van der Waals surface area contributed by atoms with Crippen LogP contribution >= 0.6 is 0 Å². The average molecular weight is 212 g/mol. The molecule has 0 unspecified atom stereocenters. The minimum absolute atomic E-state index is 0.231. The number of ether oxygens (including phenoxy) is 1. The minimum atomic E-state index is -0.231. The number of aromatic nitrogens is 2. The van der Waals surface area contributed by atoms with Crippen molar-refractivity contribution in [2.75, 3.05) is 26.0 Å². The lowest BCUT2D eigenvalue weighted by atomic mass is 10.4. The largest absolute Gasteiger partial charge is 0.384 e. The van der Waals surface area contributed by atoms with Gasteiger partial charge in [0.2, 0.25) is 0 Å². The third-order valence-electron chi connectivity index (χ3n) is 1.94. The smallest absolute Gasteiger partial charge is 0.271 e. The number of nitrogens with one attached hydrogen (secondary N) is 1. The van der Waals surface area contributed by atoms with Gasteiger partial charge in [0, 0.05) is 26.3 Å². The number of rotatable bonds is 5. The van der Waals surface area contributed by atoms with Crippen molar-refractivity contribution < 1.29 is 9.53 Å². The molecule has 0 aromatic carbocycles. The van der Waals surface area contributed by atoms with E-state index in [0.29, 0.717) is 31.2 Å². The molecular weight excluding hydrogens is 196 g/mol. The Morgan fingerprint density at radius 2 is 2.47 bits per heavy atom. The van der Waals surface area contributed by atoms with E-state index in [0.717, 1.165) is 0 Å². The molecule has 0 aliphatic rings. The quantitative estimate of drug-likeness (QED) is 0.666. The van der Waals surface area contributed by atoms with E-state index in [-0.39, 0.29) is 5.91 Å². The van der Waals surface area contributed by atoms with Crippen molar-refractivity contribution in [2.24, 2.45) is 0 Å². The van der Waals surface area contributed by atoms with Gasteiger partial charge in [0.15, 0.2) is 5.69 Å². The van der Waals surface area contributed by atoms with E-state index in [4.69, 9.17) is 10.5 Å². The SMILES string of the molecule is CCn1nc(C(=O)NCCOC)cc1N. The highest BCUT2D eigenvalue weighted by atomic mass is 16.5. The molecule has 1 aromatic rings. The predicted molar refractivity (Wildman–Crippen MR) is 56.5 cm³/mol. The van der Waals surface area contributed by atoms with Gasteiger partial charge in [0.1, 0.15) is 5.82 Å². The maximum absolute atomic E-state index is 11.5. The summed E-state index contributed by atoms with van der Waals surface area (Å²) in [7, 11) is 1.58. The molecule has 0 atom stereocenters. The van der Waals surface area contributed by atoms with Crippen LogP contribution in [0.2, 0.25) is 0 Å². The molecule has 3 N–H and O–H groups in total. The summed E-state index contributed by atoms with van der Waals surface area (Å²) < 4.78 is 6.39. The van der Waals surface area contributed by atoms with Crippen molar-refractivity contribution in [1.82, 2.24) is 15.1 Å². The number of nitrogens with zero attached hydrogens (tertiary/aromatic N) is 2. The monoisotopic (exact) mass is 212 g/mol. The van der Waals surface area contributed by atoms with E-state index < -0.39 is 0 Å². The summed E-state index contributed by atoms with van der Waals surface area (Å²) in [4.78, 5) is 11.5. The molecule has 0 saturated heterocycles. The topological polar surface area (TPSA) is 82.2 Å². The number of carbonyl (C=O) groups excluding carboxylic acids is 1. The Kier molecular flexibility index (Phi) is 4.11. The van der Waals surface area contributed by atoms with Crippen LogP contribution in [0.25, 0.3) is 0 Å². The van der Waals surface area contributed by atoms with Crippen molar-refractivity contribution in [2.45, 2.75) is 13.5 Å². The number of nitrogens with two attached hydrogens (primary N) is 1. The fourth-order valence-electron chi connectivity index (χ4n) is 1.15. The van der Waals surface area contributed by atoms with E-state index in [1.54, 1.807) is 17.9 Å². The number of methoxy groups -OCH3 is 1. The zero-order chi connectivity index (χ0) is 11.3. The van der Waals surface area contributed by atoms with Gasteiger partial charge in [-0.2, -0.15) is 5.10 Å². The summed E-state index contributed by atoms with van der Waals surface area (Å²) in [6.07, 6.45) is 0. The molecule has 1 heterocycles. The lowest BCUT2D eigenvalue weighted by Gasteiger charge is -2.01. The zero-order valence-electron chi connectivity index (χ0n) is 8.99. The highest BCUT2D eigenvalue weighted by Gasteiger charge is 2.10. The molecule has 0 aliphatic heterocycles. The predicted octanol–water partition coefficient (Wildman–Crippen LogP) is -0.139. The standard InChI is InChI=1S/C9H16N4O2/c1-3-13-8(10)6-7(12-13)9(14)11-4-5-15-2/h6H,3-5,10H2,1-2H3,(H,11,14). The summed E-state index contributed by atoms with van der Waals surface area (Å²) in [5.41, 5.74) is 5.98. The van der Waals surface area contributed by atoms with Gasteiger partial charge >= 0.3 is 0 Å². The third kappa shape index (κ3) is 2.95. The van der Waals surface area contributed by atoms with Crippen LogP contribution in [-0.4, -0.2) is 35.9 Å². The van der Waals surface area contributed by atoms with Crippen molar-refractivity contribution in [1.29, 1.82) is 0 Å². The van der Waals surface area contributed by atoms with Gasteiger partial charge in [-0.25, -0.2) is 4.68 Å². The molecule has 0 aliphatic carbocycles. The first-order chi connectivity index (χ1) is 7.19. The molecule has 0 saturated carbocycles. The molecule has 84 valence electrons. The van der Waals surface area contributed by atoms with Crippen LogP contribution in [0, 0.1) is 0 Å². The summed E-state index contributed by atoms with van der Waals surface area (Å²) in [5.74, 6) is 0.264. The molecule has 6 nitrogen and oxygen atoms in total. The summed E-state index contributed by atoms with van der Waals surface area (Å²) in [6.45, 7) is 3.51. The molecule has 1 amide bonds. The van der Waals surface area contributed by atoms with E-state index in [1.807, 2.05) is 6.92 Å². The Morgan fingerprint density at radius 1 is 1.73 bits per heavy atom. The Hall–Kier alpha value is -1.56. The summed E-state index contributed by atoms with van der Waals surface area (Å²) in [6, 6.07) is 1.56. The highest BCUT2D eigenvalue weighted by Crippen LogP contribution is 2.05. The van der Waals surface area contributed by atoms with Crippen LogP contribution in [0.5, 0.6) is 0 Å². The van der Waals surface area contributed by atoms with Crippen molar-refractivity contribution >= 4 is 11.7 Å². The Labute approximate surface area is 88.4 Å². The van der Waals surface area contributed by atoms with Crippen molar-refractivity contribution in [3.63, 3.8) is 0 Å². The normalized spacial score (nSPS) is 10.3. The maximum atomic E-state index is 11.5. The Morgan fingerprint density at radius 3 is 3.00 bits per heavy atom. The number of amides is 1. The number of hydrogen-bond donors (Lipinski definition) is 2. The van der Waals surface area contributed by atoms with E-state index in [1.165, 1.54) is 0 Å². The number of aryl methyl sites for hydroxylation is 1. The first-order valence-electron chi connectivity index (χ1n) is 4.79. The first-order valence-corrected chi connectivity index (χ1v) is 4.79. The number of nitrogen functional groups attached to an aromatic ring is 1. The Bertz CT molecular complexity index is 335. The second-order valence-corrected chi connectivity index (χ2v) is 3.02. The summed E-state index contributed by atoms with van der Waals surface area (Å²) >= 11 is 0. The van der Waals surface area contributed by atoms with Crippen LogP contribution < -0.4 is 11.1 Å². The van der Waals surface area contributed by atoms with Crippen LogP contribution in [0.1, 0.15) is 17.4 Å². The maximum Gasteiger partial charge on any atom is 0.271 e. The molecule has 0 bridgehead atoms. The van der Waals surface area contributed by atoms with Gasteiger partial charge in [0.25, 0.3) is 5.91 Å². The molecule has 1 rings (SSSR count). The molecule has 0 radical (unpaired) electrons. The minimum Gasteiger partial charge on any atom is -0.384 e. The van der Waals surface area contributed by atoms with Crippen molar-refractivity contribution in [3.8, 4) is 0 Å². The van der Waals surface area contributed by atoms with Crippen LogP contribution in [0.15, 0.2) is 6.07 Å². The number of carbonyl (C=O) groups is 1. The first kappa shape index (κ1) is 11.5. The molecular formula is C9H16N4O2. The Balaban J connectivity index is 2.58.